The molecule has 0 radical (unpaired) electrons. The second kappa shape index (κ2) is 5.61. The van der Waals surface area contributed by atoms with Crippen molar-refractivity contribution in [2.45, 2.75) is 19.8 Å². The first-order chi connectivity index (χ1) is 9.47. The van der Waals surface area contributed by atoms with Crippen molar-refractivity contribution in [2.75, 3.05) is 11.1 Å². The average Bonchev–Trinajstić information content (AvgIpc) is 2.41. The Hall–Kier alpha value is -2.56. The van der Waals surface area contributed by atoms with Crippen LogP contribution in [0.1, 0.15) is 35.8 Å². The zero-order chi connectivity index (χ0) is 14.7. The molecule has 0 saturated carbocycles. The standard InChI is InChI=1S/C15H18N4O/c1-9(2)10-3-5-11(6-4-10)18-15-12(16)7-8-13(19-15)14(17)20/h3-9H,16H2,1-2H3,(H2,17,20)(H,18,19). The molecule has 2 aromatic rings. The SMILES string of the molecule is CC(C)c1ccc(Nc2nc(C(N)=O)ccc2N)cc1. The Labute approximate surface area is 118 Å². The molecule has 5 N–H and O–H groups in total. The van der Waals surface area contributed by atoms with Crippen molar-refractivity contribution in [3.8, 4) is 0 Å². The van der Waals surface area contributed by atoms with Crippen molar-refractivity contribution >= 4 is 23.1 Å². The van der Waals surface area contributed by atoms with Gasteiger partial charge in [-0.1, -0.05) is 26.0 Å². The van der Waals surface area contributed by atoms with E-state index in [1.807, 2.05) is 24.3 Å². The summed E-state index contributed by atoms with van der Waals surface area (Å²) in [4.78, 5) is 15.2. The van der Waals surface area contributed by atoms with Crippen molar-refractivity contribution < 1.29 is 4.79 Å². The monoisotopic (exact) mass is 270 g/mol. The van der Waals surface area contributed by atoms with E-state index >= 15 is 0 Å². The number of hydrogen-bond acceptors (Lipinski definition) is 4. The number of amides is 1. The van der Waals surface area contributed by atoms with Crippen molar-refractivity contribution in [2.24, 2.45) is 5.73 Å². The molecule has 2 rings (SSSR count). The van der Waals surface area contributed by atoms with E-state index in [1.165, 1.54) is 11.6 Å². The minimum absolute atomic E-state index is 0.181. The lowest BCUT2D eigenvalue weighted by molar-refractivity contribution is 0.0996. The quantitative estimate of drug-likeness (QED) is 0.796. The summed E-state index contributed by atoms with van der Waals surface area (Å²) >= 11 is 0. The largest absolute Gasteiger partial charge is 0.396 e. The Bertz CT molecular complexity index is 620. The maximum absolute atomic E-state index is 11.1. The van der Waals surface area contributed by atoms with Crippen LogP contribution in [0, 0.1) is 0 Å². The first kappa shape index (κ1) is 13.9. The topological polar surface area (TPSA) is 94.0 Å². The van der Waals surface area contributed by atoms with Gasteiger partial charge in [-0.2, -0.15) is 0 Å². The zero-order valence-corrected chi connectivity index (χ0v) is 11.6. The van der Waals surface area contributed by atoms with Crippen LogP contribution in [0.15, 0.2) is 36.4 Å². The number of nitrogens with two attached hydrogens (primary N) is 2. The minimum atomic E-state index is -0.580. The number of rotatable bonds is 4. The molecule has 20 heavy (non-hydrogen) atoms. The molecular weight excluding hydrogens is 252 g/mol. The highest BCUT2D eigenvalue weighted by Gasteiger charge is 2.07. The van der Waals surface area contributed by atoms with Crippen LogP contribution in [0.5, 0.6) is 0 Å². The Morgan fingerprint density at radius 2 is 1.80 bits per heavy atom. The summed E-state index contributed by atoms with van der Waals surface area (Å²) in [5.74, 6) is 0.326. The van der Waals surface area contributed by atoms with Gasteiger partial charge in [0.2, 0.25) is 0 Å². The summed E-state index contributed by atoms with van der Waals surface area (Å²) in [7, 11) is 0. The second-order valence-electron chi connectivity index (χ2n) is 4.90. The normalized spacial score (nSPS) is 10.6. The molecule has 1 amide bonds. The van der Waals surface area contributed by atoms with Crippen LogP contribution in [0.3, 0.4) is 0 Å². The average molecular weight is 270 g/mol. The van der Waals surface area contributed by atoms with Gasteiger partial charge in [-0.3, -0.25) is 4.79 Å². The zero-order valence-electron chi connectivity index (χ0n) is 11.6. The summed E-state index contributed by atoms with van der Waals surface area (Å²) in [6.45, 7) is 4.27. The molecule has 1 aromatic heterocycles. The fraction of sp³-hybridized carbons (Fsp3) is 0.200. The van der Waals surface area contributed by atoms with E-state index in [-0.39, 0.29) is 5.69 Å². The smallest absolute Gasteiger partial charge is 0.267 e. The van der Waals surface area contributed by atoms with E-state index in [2.05, 4.69) is 24.1 Å². The molecule has 0 unspecified atom stereocenters. The van der Waals surface area contributed by atoms with Gasteiger partial charge in [0.25, 0.3) is 5.91 Å². The maximum atomic E-state index is 11.1. The van der Waals surface area contributed by atoms with Gasteiger partial charge in [0.15, 0.2) is 5.82 Å². The lowest BCUT2D eigenvalue weighted by Gasteiger charge is -2.11. The van der Waals surface area contributed by atoms with Crippen LogP contribution in [0.25, 0.3) is 0 Å². The van der Waals surface area contributed by atoms with Gasteiger partial charge < -0.3 is 16.8 Å². The number of carbonyl (C=O) groups is 1. The number of aromatic nitrogens is 1. The third-order valence-corrected chi connectivity index (χ3v) is 3.02. The first-order valence-electron chi connectivity index (χ1n) is 6.40. The number of nitrogens with one attached hydrogen (secondary N) is 1. The van der Waals surface area contributed by atoms with Crippen LogP contribution >= 0.6 is 0 Å². The Morgan fingerprint density at radius 1 is 1.15 bits per heavy atom. The third kappa shape index (κ3) is 3.06. The van der Waals surface area contributed by atoms with E-state index in [1.54, 1.807) is 6.07 Å². The Balaban J connectivity index is 2.25. The number of nitrogens with zero attached hydrogens (tertiary/aromatic N) is 1. The predicted molar refractivity (Wildman–Crippen MR) is 81.0 cm³/mol. The van der Waals surface area contributed by atoms with Gasteiger partial charge in [0.1, 0.15) is 5.69 Å². The van der Waals surface area contributed by atoms with Gasteiger partial charge in [-0.05, 0) is 35.7 Å². The van der Waals surface area contributed by atoms with E-state index in [0.29, 0.717) is 17.4 Å². The van der Waals surface area contributed by atoms with E-state index in [0.717, 1.165) is 5.69 Å². The number of benzene rings is 1. The van der Waals surface area contributed by atoms with E-state index in [4.69, 9.17) is 11.5 Å². The fourth-order valence-electron chi connectivity index (χ4n) is 1.80. The van der Waals surface area contributed by atoms with Gasteiger partial charge in [-0.15, -0.1) is 0 Å². The molecule has 0 aliphatic rings. The highest BCUT2D eigenvalue weighted by molar-refractivity contribution is 5.92. The molecule has 0 bridgehead atoms. The molecule has 0 atom stereocenters. The second-order valence-corrected chi connectivity index (χ2v) is 4.90. The first-order valence-corrected chi connectivity index (χ1v) is 6.40. The molecule has 0 aliphatic carbocycles. The number of nitrogen functional groups attached to an aromatic ring is 1. The van der Waals surface area contributed by atoms with Gasteiger partial charge in [-0.25, -0.2) is 4.98 Å². The molecule has 5 nitrogen and oxygen atoms in total. The molecule has 104 valence electrons. The lowest BCUT2D eigenvalue weighted by Crippen LogP contribution is -2.14. The summed E-state index contributed by atoms with van der Waals surface area (Å²) in [5, 5.41) is 3.09. The van der Waals surface area contributed by atoms with Crippen LogP contribution < -0.4 is 16.8 Å². The molecule has 0 aliphatic heterocycles. The summed E-state index contributed by atoms with van der Waals surface area (Å²) in [5.41, 5.74) is 13.8. The maximum Gasteiger partial charge on any atom is 0.267 e. The van der Waals surface area contributed by atoms with Crippen molar-refractivity contribution in [1.29, 1.82) is 0 Å². The molecule has 0 spiro atoms. The predicted octanol–water partition coefficient (Wildman–Crippen LogP) is 2.63. The summed E-state index contributed by atoms with van der Waals surface area (Å²) in [6.07, 6.45) is 0. The van der Waals surface area contributed by atoms with Gasteiger partial charge >= 0.3 is 0 Å². The van der Waals surface area contributed by atoms with Gasteiger partial charge in [0.05, 0.1) is 5.69 Å². The molecule has 1 heterocycles. The van der Waals surface area contributed by atoms with Crippen molar-refractivity contribution in [3.05, 3.63) is 47.7 Å². The van der Waals surface area contributed by atoms with Crippen molar-refractivity contribution in [1.82, 2.24) is 4.98 Å². The Kier molecular flexibility index (Phi) is 3.89. The molecule has 0 fully saturated rings. The Morgan fingerprint density at radius 3 is 2.35 bits per heavy atom. The van der Waals surface area contributed by atoms with Crippen LogP contribution in [-0.2, 0) is 0 Å². The highest BCUT2D eigenvalue weighted by Crippen LogP contribution is 2.23. The van der Waals surface area contributed by atoms with Gasteiger partial charge in [0, 0.05) is 5.69 Å². The van der Waals surface area contributed by atoms with Crippen LogP contribution in [-0.4, -0.2) is 10.9 Å². The lowest BCUT2D eigenvalue weighted by atomic mass is 10.0. The third-order valence-electron chi connectivity index (χ3n) is 3.02. The molecule has 5 heteroatoms. The summed E-state index contributed by atoms with van der Waals surface area (Å²) in [6, 6.07) is 11.1. The molecule has 0 saturated heterocycles. The fourth-order valence-corrected chi connectivity index (χ4v) is 1.80. The molecule has 1 aromatic carbocycles. The minimum Gasteiger partial charge on any atom is -0.396 e. The number of primary amides is 1. The number of carbonyl (C=O) groups excluding carboxylic acids is 1. The molecular formula is C15H18N4O. The van der Waals surface area contributed by atoms with Crippen LogP contribution in [0.4, 0.5) is 17.2 Å². The van der Waals surface area contributed by atoms with Crippen molar-refractivity contribution in [3.63, 3.8) is 0 Å². The highest BCUT2D eigenvalue weighted by atomic mass is 16.1. The number of pyridine rings is 1. The van der Waals surface area contributed by atoms with Crippen LogP contribution in [0.2, 0.25) is 0 Å². The van der Waals surface area contributed by atoms with E-state index < -0.39 is 5.91 Å². The van der Waals surface area contributed by atoms with E-state index in [9.17, 15) is 4.79 Å². The number of hydrogen-bond donors (Lipinski definition) is 3. The number of anilines is 3. The summed E-state index contributed by atoms with van der Waals surface area (Å²) < 4.78 is 0.